The van der Waals surface area contributed by atoms with Crippen molar-refractivity contribution in [3.63, 3.8) is 0 Å². The van der Waals surface area contributed by atoms with Gasteiger partial charge in [0.25, 0.3) is 5.91 Å². The van der Waals surface area contributed by atoms with Crippen molar-refractivity contribution in [1.29, 1.82) is 0 Å². The van der Waals surface area contributed by atoms with Gasteiger partial charge in [-0.15, -0.1) is 0 Å². The minimum Gasteiger partial charge on any atom is -0.394 e. The quantitative estimate of drug-likeness (QED) is 0.755. The number of rotatable bonds is 6. The molecular weight excluding hydrogens is 290 g/mol. The van der Waals surface area contributed by atoms with Crippen molar-refractivity contribution in [2.75, 3.05) is 6.61 Å². The number of aliphatic hydroxyl groups excluding tert-OH is 1. The summed E-state index contributed by atoms with van der Waals surface area (Å²) in [6.45, 7) is 3.58. The monoisotopic (exact) mass is 319 g/mol. The number of benzene rings is 1. The molecule has 1 aliphatic carbocycles. The SMILES string of the molecule is CC(C)(O)CCc1cccc(C(=O)NC2(CO)CCCCC2)c1. The van der Waals surface area contributed by atoms with Gasteiger partial charge in [0.1, 0.15) is 0 Å². The van der Waals surface area contributed by atoms with Crippen molar-refractivity contribution in [3.8, 4) is 0 Å². The maximum absolute atomic E-state index is 12.6. The Morgan fingerprint density at radius 2 is 1.96 bits per heavy atom. The van der Waals surface area contributed by atoms with E-state index in [1.807, 2.05) is 18.2 Å². The molecule has 0 unspecified atom stereocenters. The Bertz CT molecular complexity index is 528. The fourth-order valence-corrected chi connectivity index (χ4v) is 3.18. The van der Waals surface area contributed by atoms with Gasteiger partial charge in [-0.05, 0) is 57.2 Å². The van der Waals surface area contributed by atoms with Crippen LogP contribution in [0, 0.1) is 0 Å². The molecule has 23 heavy (non-hydrogen) atoms. The Kier molecular flexibility index (Phi) is 5.82. The molecule has 1 aliphatic rings. The summed E-state index contributed by atoms with van der Waals surface area (Å²) in [5, 5.41) is 22.6. The second kappa shape index (κ2) is 7.45. The Morgan fingerprint density at radius 3 is 2.57 bits per heavy atom. The Morgan fingerprint density at radius 1 is 1.26 bits per heavy atom. The first kappa shape index (κ1) is 18.0. The van der Waals surface area contributed by atoms with Crippen molar-refractivity contribution < 1.29 is 15.0 Å². The predicted octanol–water partition coefficient (Wildman–Crippen LogP) is 2.82. The van der Waals surface area contributed by atoms with E-state index in [4.69, 9.17) is 0 Å². The zero-order valence-electron chi connectivity index (χ0n) is 14.3. The van der Waals surface area contributed by atoms with Gasteiger partial charge in [-0.1, -0.05) is 31.4 Å². The number of hydrogen-bond donors (Lipinski definition) is 3. The number of aryl methyl sites for hydroxylation is 1. The maximum Gasteiger partial charge on any atom is 0.251 e. The van der Waals surface area contributed by atoms with Crippen molar-refractivity contribution in [2.45, 2.75) is 69.9 Å². The van der Waals surface area contributed by atoms with Crippen LogP contribution in [0.4, 0.5) is 0 Å². The molecule has 128 valence electrons. The van der Waals surface area contributed by atoms with Gasteiger partial charge in [0.05, 0.1) is 17.7 Å². The van der Waals surface area contributed by atoms with Crippen molar-refractivity contribution in [1.82, 2.24) is 5.32 Å². The van der Waals surface area contributed by atoms with Crippen LogP contribution in [0.3, 0.4) is 0 Å². The number of carbonyl (C=O) groups is 1. The average Bonchev–Trinajstić information content (AvgIpc) is 2.53. The molecule has 4 heteroatoms. The van der Waals surface area contributed by atoms with Crippen molar-refractivity contribution in [3.05, 3.63) is 35.4 Å². The van der Waals surface area contributed by atoms with Crippen LogP contribution in [0.2, 0.25) is 0 Å². The minimum atomic E-state index is -0.707. The lowest BCUT2D eigenvalue weighted by Crippen LogP contribution is -2.52. The van der Waals surface area contributed by atoms with Crippen LogP contribution in [-0.2, 0) is 6.42 Å². The lowest BCUT2D eigenvalue weighted by molar-refractivity contribution is 0.0714. The van der Waals surface area contributed by atoms with Crippen LogP contribution in [0.15, 0.2) is 24.3 Å². The van der Waals surface area contributed by atoms with Crippen LogP contribution in [0.25, 0.3) is 0 Å². The first-order chi connectivity index (χ1) is 10.8. The summed E-state index contributed by atoms with van der Waals surface area (Å²) in [5.41, 5.74) is 0.498. The van der Waals surface area contributed by atoms with Gasteiger partial charge in [-0.25, -0.2) is 0 Å². The molecule has 3 N–H and O–H groups in total. The molecule has 1 saturated carbocycles. The third-order valence-electron chi connectivity index (χ3n) is 4.71. The molecule has 1 aromatic rings. The highest BCUT2D eigenvalue weighted by Gasteiger charge is 2.33. The van der Waals surface area contributed by atoms with E-state index in [1.54, 1.807) is 19.9 Å². The van der Waals surface area contributed by atoms with Gasteiger partial charge < -0.3 is 15.5 Å². The second-order valence-corrected chi connectivity index (χ2v) is 7.47. The van der Waals surface area contributed by atoms with Crippen molar-refractivity contribution >= 4 is 5.91 Å². The Labute approximate surface area is 138 Å². The molecule has 0 aliphatic heterocycles. The summed E-state index contributed by atoms with van der Waals surface area (Å²) < 4.78 is 0. The van der Waals surface area contributed by atoms with Gasteiger partial charge in [-0.3, -0.25) is 4.79 Å². The molecule has 0 heterocycles. The third-order valence-corrected chi connectivity index (χ3v) is 4.71. The highest BCUT2D eigenvalue weighted by Crippen LogP contribution is 2.28. The molecule has 4 nitrogen and oxygen atoms in total. The minimum absolute atomic E-state index is 0.00284. The van der Waals surface area contributed by atoms with Gasteiger partial charge >= 0.3 is 0 Å². The molecule has 1 amide bonds. The van der Waals surface area contributed by atoms with Crippen molar-refractivity contribution in [2.24, 2.45) is 0 Å². The standard InChI is InChI=1S/C19H29NO3/c1-18(2,23)12-9-15-7-6-8-16(13-15)17(22)20-19(14-21)10-4-3-5-11-19/h6-8,13,21,23H,3-5,9-12,14H2,1-2H3,(H,20,22). The molecule has 0 bridgehead atoms. The van der Waals surface area contributed by atoms with Gasteiger partial charge in [0, 0.05) is 5.56 Å². The third kappa shape index (κ3) is 5.33. The van der Waals surface area contributed by atoms with E-state index >= 15 is 0 Å². The second-order valence-electron chi connectivity index (χ2n) is 7.47. The molecule has 0 atom stereocenters. The van der Waals surface area contributed by atoms with Gasteiger partial charge in [0.15, 0.2) is 0 Å². The molecule has 1 fully saturated rings. The number of amides is 1. The Hall–Kier alpha value is -1.39. The summed E-state index contributed by atoms with van der Waals surface area (Å²) in [6, 6.07) is 7.54. The summed E-state index contributed by atoms with van der Waals surface area (Å²) in [4.78, 5) is 12.6. The first-order valence-electron chi connectivity index (χ1n) is 8.58. The van der Waals surface area contributed by atoms with E-state index in [0.717, 1.165) is 37.7 Å². The fraction of sp³-hybridized carbons (Fsp3) is 0.632. The molecule has 0 aromatic heterocycles. The van der Waals surface area contributed by atoms with Crippen LogP contribution in [-0.4, -0.2) is 33.9 Å². The normalized spacial score (nSPS) is 17.7. The van der Waals surface area contributed by atoms with E-state index < -0.39 is 11.1 Å². The molecule has 2 rings (SSSR count). The van der Waals surface area contributed by atoms with E-state index in [1.165, 1.54) is 6.42 Å². The molecule has 0 spiro atoms. The lowest BCUT2D eigenvalue weighted by Gasteiger charge is -2.36. The fourth-order valence-electron chi connectivity index (χ4n) is 3.18. The molecule has 0 radical (unpaired) electrons. The smallest absolute Gasteiger partial charge is 0.251 e. The largest absolute Gasteiger partial charge is 0.394 e. The van der Waals surface area contributed by atoms with Gasteiger partial charge in [0.2, 0.25) is 0 Å². The topological polar surface area (TPSA) is 69.6 Å². The van der Waals surface area contributed by atoms with Crippen LogP contribution in [0.1, 0.15) is 68.3 Å². The van der Waals surface area contributed by atoms with E-state index in [0.29, 0.717) is 12.0 Å². The van der Waals surface area contributed by atoms with E-state index in [2.05, 4.69) is 5.32 Å². The number of hydrogen-bond acceptors (Lipinski definition) is 3. The molecule has 0 saturated heterocycles. The van der Waals surface area contributed by atoms with Crippen LogP contribution in [0.5, 0.6) is 0 Å². The van der Waals surface area contributed by atoms with E-state index in [9.17, 15) is 15.0 Å². The zero-order valence-corrected chi connectivity index (χ0v) is 14.3. The number of aliphatic hydroxyl groups is 2. The number of carbonyl (C=O) groups excluding carboxylic acids is 1. The lowest BCUT2D eigenvalue weighted by atomic mass is 9.82. The zero-order chi connectivity index (χ0) is 16.9. The van der Waals surface area contributed by atoms with Crippen LogP contribution < -0.4 is 5.32 Å². The predicted molar refractivity (Wildman–Crippen MR) is 91.4 cm³/mol. The summed E-state index contributed by atoms with van der Waals surface area (Å²) >= 11 is 0. The molecular formula is C19H29NO3. The Balaban J connectivity index is 2.04. The summed E-state index contributed by atoms with van der Waals surface area (Å²) in [5.74, 6) is -0.119. The number of nitrogens with one attached hydrogen (secondary N) is 1. The highest BCUT2D eigenvalue weighted by molar-refractivity contribution is 5.94. The van der Waals surface area contributed by atoms with E-state index in [-0.39, 0.29) is 12.5 Å². The summed E-state index contributed by atoms with van der Waals surface area (Å²) in [6.07, 6.45) is 6.33. The first-order valence-corrected chi connectivity index (χ1v) is 8.58. The summed E-state index contributed by atoms with van der Waals surface area (Å²) in [7, 11) is 0. The maximum atomic E-state index is 12.6. The van der Waals surface area contributed by atoms with Crippen LogP contribution >= 0.6 is 0 Å². The highest BCUT2D eigenvalue weighted by atomic mass is 16.3. The average molecular weight is 319 g/mol. The van der Waals surface area contributed by atoms with Gasteiger partial charge in [-0.2, -0.15) is 0 Å². The molecule has 1 aromatic carbocycles.